The van der Waals surface area contributed by atoms with Crippen LogP contribution in [0.4, 0.5) is 4.39 Å². The minimum Gasteiger partial charge on any atom is -0.477 e. The van der Waals surface area contributed by atoms with Crippen LogP contribution >= 0.6 is 0 Å². The van der Waals surface area contributed by atoms with E-state index in [0.717, 1.165) is 6.20 Å². The van der Waals surface area contributed by atoms with E-state index in [9.17, 15) is 9.18 Å². The molecule has 0 fully saturated rings. The van der Waals surface area contributed by atoms with E-state index < -0.39 is 11.8 Å². The molecule has 0 saturated carbocycles. The van der Waals surface area contributed by atoms with Crippen LogP contribution < -0.4 is 0 Å². The van der Waals surface area contributed by atoms with Gasteiger partial charge in [0.15, 0.2) is 0 Å². The third kappa shape index (κ3) is 1.93. The molecule has 0 aliphatic heterocycles. The van der Waals surface area contributed by atoms with E-state index >= 15 is 0 Å². The molecule has 0 spiro atoms. The van der Waals surface area contributed by atoms with E-state index in [4.69, 9.17) is 5.11 Å². The van der Waals surface area contributed by atoms with Crippen molar-refractivity contribution in [2.75, 3.05) is 0 Å². The molecule has 4 nitrogen and oxygen atoms in total. The SMILES string of the molecule is O=C(O)c1cccn1Cc1ccncc1F. The molecule has 16 heavy (non-hydrogen) atoms. The third-order valence-electron chi connectivity index (χ3n) is 2.25. The maximum absolute atomic E-state index is 13.3. The van der Waals surface area contributed by atoms with Gasteiger partial charge in [0.2, 0.25) is 0 Å². The summed E-state index contributed by atoms with van der Waals surface area (Å²) in [5.41, 5.74) is 0.546. The van der Waals surface area contributed by atoms with E-state index in [-0.39, 0.29) is 12.2 Å². The smallest absolute Gasteiger partial charge is 0.352 e. The molecule has 2 rings (SSSR count). The fraction of sp³-hybridized carbons (Fsp3) is 0.0909. The summed E-state index contributed by atoms with van der Waals surface area (Å²) >= 11 is 0. The number of rotatable bonds is 3. The first kappa shape index (κ1) is 10.4. The summed E-state index contributed by atoms with van der Waals surface area (Å²) in [5, 5.41) is 8.87. The standard InChI is InChI=1S/C11H9FN2O2/c12-9-6-13-4-3-8(9)7-14-5-1-2-10(14)11(15)16/h1-6H,7H2,(H,15,16). The molecule has 0 aliphatic carbocycles. The quantitative estimate of drug-likeness (QED) is 0.857. The number of carbonyl (C=O) groups is 1. The Balaban J connectivity index is 2.31. The summed E-state index contributed by atoms with van der Waals surface area (Å²) in [7, 11) is 0. The number of hydrogen-bond acceptors (Lipinski definition) is 2. The Bertz CT molecular complexity index is 522. The lowest BCUT2D eigenvalue weighted by atomic mass is 10.2. The molecule has 0 saturated heterocycles. The Kier molecular flexibility index (Phi) is 2.68. The molecule has 0 bridgehead atoms. The second kappa shape index (κ2) is 4.14. The van der Waals surface area contributed by atoms with Gasteiger partial charge in [-0.3, -0.25) is 4.98 Å². The minimum absolute atomic E-state index is 0.135. The zero-order valence-corrected chi connectivity index (χ0v) is 8.30. The van der Waals surface area contributed by atoms with Crippen LogP contribution in [0, 0.1) is 5.82 Å². The van der Waals surface area contributed by atoms with Crippen LogP contribution in [0.3, 0.4) is 0 Å². The fourth-order valence-electron chi connectivity index (χ4n) is 1.46. The minimum atomic E-state index is -1.03. The van der Waals surface area contributed by atoms with Crippen molar-refractivity contribution in [1.29, 1.82) is 0 Å². The maximum atomic E-state index is 13.3. The fourth-order valence-corrected chi connectivity index (χ4v) is 1.46. The first-order valence-electron chi connectivity index (χ1n) is 4.65. The van der Waals surface area contributed by atoms with Crippen molar-refractivity contribution >= 4 is 5.97 Å². The van der Waals surface area contributed by atoms with Crippen molar-refractivity contribution in [3.8, 4) is 0 Å². The lowest BCUT2D eigenvalue weighted by molar-refractivity contribution is 0.0685. The van der Waals surface area contributed by atoms with E-state index in [2.05, 4.69) is 4.98 Å². The Labute approximate surface area is 91.0 Å². The number of carboxylic acids is 1. The highest BCUT2D eigenvalue weighted by Crippen LogP contribution is 2.10. The van der Waals surface area contributed by atoms with Gasteiger partial charge in [-0.1, -0.05) is 0 Å². The number of halogens is 1. The number of hydrogen-bond donors (Lipinski definition) is 1. The van der Waals surface area contributed by atoms with E-state index in [1.54, 1.807) is 12.3 Å². The van der Waals surface area contributed by atoms with Gasteiger partial charge in [0, 0.05) is 18.0 Å². The monoisotopic (exact) mass is 220 g/mol. The normalized spacial score (nSPS) is 10.3. The highest BCUT2D eigenvalue weighted by atomic mass is 19.1. The predicted molar refractivity (Wildman–Crippen MR) is 54.7 cm³/mol. The first-order valence-corrected chi connectivity index (χ1v) is 4.65. The molecule has 0 atom stereocenters. The second-order valence-electron chi connectivity index (χ2n) is 3.29. The molecule has 5 heteroatoms. The van der Waals surface area contributed by atoms with Crippen molar-refractivity contribution in [2.45, 2.75) is 6.54 Å². The van der Waals surface area contributed by atoms with Gasteiger partial charge < -0.3 is 9.67 Å². The van der Waals surface area contributed by atoms with Crippen molar-refractivity contribution in [2.24, 2.45) is 0 Å². The summed E-state index contributed by atoms with van der Waals surface area (Å²) in [4.78, 5) is 14.5. The Hall–Kier alpha value is -2.17. The molecule has 1 N–H and O–H groups in total. The Morgan fingerprint density at radius 1 is 1.50 bits per heavy atom. The van der Waals surface area contributed by atoms with Crippen molar-refractivity contribution in [3.05, 3.63) is 53.9 Å². The van der Waals surface area contributed by atoms with Gasteiger partial charge >= 0.3 is 5.97 Å². The number of aromatic carboxylic acids is 1. The molecular formula is C11H9FN2O2. The molecule has 0 aliphatic rings. The van der Waals surface area contributed by atoms with Gasteiger partial charge in [0.1, 0.15) is 11.5 Å². The van der Waals surface area contributed by atoms with Crippen LogP contribution in [0.25, 0.3) is 0 Å². The third-order valence-corrected chi connectivity index (χ3v) is 2.25. The molecular weight excluding hydrogens is 211 g/mol. The van der Waals surface area contributed by atoms with Gasteiger partial charge in [-0.15, -0.1) is 0 Å². The van der Waals surface area contributed by atoms with Crippen molar-refractivity contribution < 1.29 is 14.3 Å². The molecule has 2 heterocycles. The van der Waals surface area contributed by atoms with E-state index in [0.29, 0.717) is 5.56 Å². The van der Waals surface area contributed by atoms with Crippen LogP contribution in [0.5, 0.6) is 0 Å². The average molecular weight is 220 g/mol. The van der Waals surface area contributed by atoms with Crippen molar-refractivity contribution in [1.82, 2.24) is 9.55 Å². The van der Waals surface area contributed by atoms with E-state index in [1.165, 1.54) is 22.9 Å². The molecule has 82 valence electrons. The number of aromatic nitrogens is 2. The van der Waals surface area contributed by atoms with Crippen LogP contribution in [0.1, 0.15) is 16.1 Å². The zero-order chi connectivity index (χ0) is 11.5. The highest BCUT2D eigenvalue weighted by molar-refractivity contribution is 5.85. The summed E-state index contributed by atoms with van der Waals surface area (Å²) in [6.07, 6.45) is 4.19. The van der Waals surface area contributed by atoms with E-state index in [1.807, 2.05) is 0 Å². The lowest BCUT2D eigenvalue weighted by Gasteiger charge is -2.06. The summed E-state index contributed by atoms with van der Waals surface area (Å²) in [6.45, 7) is 0.184. The first-order chi connectivity index (χ1) is 7.68. The summed E-state index contributed by atoms with van der Waals surface area (Å²) < 4.78 is 14.8. The molecule has 2 aromatic heterocycles. The topological polar surface area (TPSA) is 55.1 Å². The number of carboxylic acid groups (broad SMARTS) is 1. The van der Waals surface area contributed by atoms with Gasteiger partial charge in [0.25, 0.3) is 0 Å². The van der Waals surface area contributed by atoms with Gasteiger partial charge in [-0.2, -0.15) is 0 Å². The molecule has 0 amide bonds. The second-order valence-corrected chi connectivity index (χ2v) is 3.29. The number of nitrogens with zero attached hydrogens (tertiary/aromatic N) is 2. The maximum Gasteiger partial charge on any atom is 0.352 e. The average Bonchev–Trinajstić information content (AvgIpc) is 2.69. The lowest BCUT2D eigenvalue weighted by Crippen LogP contribution is -2.09. The molecule has 0 aromatic carbocycles. The van der Waals surface area contributed by atoms with Gasteiger partial charge in [0.05, 0.1) is 12.7 Å². The number of pyridine rings is 1. The van der Waals surface area contributed by atoms with Gasteiger partial charge in [-0.05, 0) is 18.2 Å². The van der Waals surface area contributed by atoms with Gasteiger partial charge in [-0.25, -0.2) is 9.18 Å². The van der Waals surface area contributed by atoms with Crippen LogP contribution in [0.2, 0.25) is 0 Å². The predicted octanol–water partition coefficient (Wildman–Crippen LogP) is 1.77. The Morgan fingerprint density at radius 3 is 3.00 bits per heavy atom. The molecule has 2 aromatic rings. The molecule has 0 radical (unpaired) electrons. The zero-order valence-electron chi connectivity index (χ0n) is 8.30. The molecule has 0 unspecified atom stereocenters. The van der Waals surface area contributed by atoms with Crippen LogP contribution in [-0.4, -0.2) is 20.6 Å². The van der Waals surface area contributed by atoms with Crippen molar-refractivity contribution in [3.63, 3.8) is 0 Å². The largest absolute Gasteiger partial charge is 0.477 e. The Morgan fingerprint density at radius 2 is 2.31 bits per heavy atom. The summed E-state index contributed by atoms with van der Waals surface area (Å²) in [6, 6.07) is 4.62. The van der Waals surface area contributed by atoms with Crippen LogP contribution in [-0.2, 0) is 6.54 Å². The summed E-state index contributed by atoms with van der Waals surface area (Å²) in [5.74, 6) is -1.47. The van der Waals surface area contributed by atoms with Crippen LogP contribution in [0.15, 0.2) is 36.8 Å². The highest BCUT2D eigenvalue weighted by Gasteiger charge is 2.10.